The predicted octanol–water partition coefficient (Wildman–Crippen LogP) is 9.28. The molecule has 0 bridgehead atoms. The molecule has 1 aliphatic rings. The molecular formula is C35H36NO+. The average Bonchev–Trinajstić information content (AvgIpc) is 2.87. The largest absolute Gasteiger partial charge is 0.455 e. The van der Waals surface area contributed by atoms with Gasteiger partial charge in [-0.25, -0.2) is 4.57 Å². The summed E-state index contributed by atoms with van der Waals surface area (Å²) < 4.78 is 9.25. The molecule has 4 aromatic carbocycles. The van der Waals surface area contributed by atoms with Crippen LogP contribution in [0.5, 0.6) is 11.5 Å². The fourth-order valence-corrected chi connectivity index (χ4v) is 5.94. The van der Waals surface area contributed by atoms with Crippen molar-refractivity contribution in [2.24, 2.45) is 12.5 Å². The van der Waals surface area contributed by atoms with Crippen LogP contribution in [0.3, 0.4) is 0 Å². The molecule has 2 nitrogen and oxygen atoms in total. The van der Waals surface area contributed by atoms with E-state index < -0.39 is 0 Å². The van der Waals surface area contributed by atoms with Crippen molar-refractivity contribution in [3.8, 4) is 33.9 Å². The predicted molar refractivity (Wildman–Crippen MR) is 156 cm³/mol. The maximum Gasteiger partial charge on any atom is 0.228 e. The number of benzene rings is 4. The molecule has 6 rings (SSSR count). The summed E-state index contributed by atoms with van der Waals surface area (Å²) in [6.07, 6.45) is 3.14. The highest BCUT2D eigenvalue weighted by Crippen LogP contribution is 2.52. The SMILES string of the molecule is Cc1c2c(c(CC(C)(C)C)c3ccccc13)Oc1cc(-c3ccc(C(C)C)cc3)cc3cc[n+](C)c-2c13. The van der Waals surface area contributed by atoms with Crippen molar-refractivity contribution in [3.63, 3.8) is 0 Å². The molecule has 0 radical (unpaired) electrons. The Labute approximate surface area is 220 Å². The van der Waals surface area contributed by atoms with Gasteiger partial charge in [0.15, 0.2) is 6.20 Å². The van der Waals surface area contributed by atoms with Crippen molar-refractivity contribution in [1.29, 1.82) is 0 Å². The van der Waals surface area contributed by atoms with Gasteiger partial charge in [-0.1, -0.05) is 83.1 Å². The Morgan fingerprint density at radius 1 is 0.865 bits per heavy atom. The molecule has 0 N–H and O–H groups in total. The highest BCUT2D eigenvalue weighted by atomic mass is 16.5. The molecule has 0 saturated heterocycles. The Kier molecular flexibility index (Phi) is 5.42. The Bertz CT molecular complexity index is 1680. The monoisotopic (exact) mass is 486 g/mol. The lowest BCUT2D eigenvalue weighted by Crippen LogP contribution is -2.32. The minimum Gasteiger partial charge on any atom is -0.455 e. The normalized spacial score (nSPS) is 12.8. The average molecular weight is 487 g/mol. The Balaban J connectivity index is 1.65. The van der Waals surface area contributed by atoms with Gasteiger partial charge >= 0.3 is 0 Å². The van der Waals surface area contributed by atoms with E-state index in [9.17, 15) is 0 Å². The summed E-state index contributed by atoms with van der Waals surface area (Å²) in [6, 6.07) is 24.6. The summed E-state index contributed by atoms with van der Waals surface area (Å²) in [5, 5.41) is 5.02. The molecule has 0 saturated carbocycles. The van der Waals surface area contributed by atoms with Gasteiger partial charge in [0.1, 0.15) is 18.5 Å². The van der Waals surface area contributed by atoms with Crippen molar-refractivity contribution in [3.05, 3.63) is 89.6 Å². The van der Waals surface area contributed by atoms with Gasteiger partial charge in [0.05, 0.1) is 10.9 Å². The minimum absolute atomic E-state index is 0.129. The standard InChI is InChI=1S/C35H36NO/c1-21(2)23-12-14-24(15-13-23)26-18-25-16-17-36(7)33-31-22(3)27-10-8-9-11-28(27)29(20-35(4,5)6)34(31)37-30(19-26)32(25)33/h8-19,21H,20H2,1-7H3/q+1. The summed E-state index contributed by atoms with van der Waals surface area (Å²) in [5.74, 6) is 2.49. The molecular weight excluding hydrogens is 450 g/mol. The van der Waals surface area contributed by atoms with Gasteiger partial charge in [0.25, 0.3) is 0 Å². The number of hydrogen-bond acceptors (Lipinski definition) is 1. The van der Waals surface area contributed by atoms with E-state index in [0.29, 0.717) is 5.92 Å². The molecule has 1 aromatic heterocycles. The molecule has 2 heteroatoms. The zero-order chi connectivity index (χ0) is 26.1. The number of fused-ring (bicyclic) bond motifs is 3. The van der Waals surface area contributed by atoms with Crippen LogP contribution in [0.1, 0.15) is 57.2 Å². The van der Waals surface area contributed by atoms with Crippen molar-refractivity contribution < 1.29 is 9.30 Å². The third-order valence-electron chi connectivity index (χ3n) is 7.80. The van der Waals surface area contributed by atoms with Gasteiger partial charge < -0.3 is 4.74 Å². The first-order chi connectivity index (χ1) is 17.6. The zero-order valence-corrected chi connectivity index (χ0v) is 23.1. The quantitative estimate of drug-likeness (QED) is 0.227. The molecule has 0 aliphatic carbocycles. The lowest BCUT2D eigenvalue weighted by atomic mass is 9.81. The maximum absolute atomic E-state index is 6.98. The summed E-state index contributed by atoms with van der Waals surface area (Å²) in [7, 11) is 2.16. The molecule has 0 unspecified atom stereocenters. The van der Waals surface area contributed by atoms with E-state index in [0.717, 1.165) is 17.9 Å². The molecule has 0 amide bonds. The number of nitrogens with zero attached hydrogens (tertiary/aromatic N) is 1. The van der Waals surface area contributed by atoms with Crippen LogP contribution in [0.25, 0.3) is 43.9 Å². The lowest BCUT2D eigenvalue weighted by Gasteiger charge is -2.28. The summed E-state index contributed by atoms with van der Waals surface area (Å²) in [6.45, 7) is 13.7. The summed E-state index contributed by atoms with van der Waals surface area (Å²) in [4.78, 5) is 0. The first-order valence-corrected chi connectivity index (χ1v) is 13.4. The van der Waals surface area contributed by atoms with E-state index in [2.05, 4.69) is 126 Å². The number of aryl methyl sites for hydroxylation is 2. The highest BCUT2D eigenvalue weighted by Gasteiger charge is 2.34. The first-order valence-electron chi connectivity index (χ1n) is 13.4. The number of ether oxygens (including phenoxy) is 1. The molecule has 0 spiro atoms. The van der Waals surface area contributed by atoms with Crippen molar-refractivity contribution in [2.75, 3.05) is 0 Å². The van der Waals surface area contributed by atoms with Crippen LogP contribution in [0.15, 0.2) is 72.9 Å². The molecule has 0 fully saturated rings. The topological polar surface area (TPSA) is 13.1 Å². The third kappa shape index (κ3) is 3.91. The zero-order valence-electron chi connectivity index (χ0n) is 23.1. The van der Waals surface area contributed by atoms with Crippen molar-refractivity contribution in [1.82, 2.24) is 0 Å². The molecule has 37 heavy (non-hydrogen) atoms. The Hall–Kier alpha value is -3.65. The summed E-state index contributed by atoms with van der Waals surface area (Å²) in [5.41, 5.74) is 8.96. The number of hydrogen-bond donors (Lipinski definition) is 0. The van der Waals surface area contributed by atoms with E-state index in [1.54, 1.807) is 0 Å². The van der Waals surface area contributed by atoms with E-state index in [1.165, 1.54) is 60.6 Å². The highest BCUT2D eigenvalue weighted by molar-refractivity contribution is 6.07. The third-order valence-corrected chi connectivity index (χ3v) is 7.80. The van der Waals surface area contributed by atoms with Gasteiger partial charge in [0, 0.05) is 11.6 Å². The second-order valence-corrected chi connectivity index (χ2v) is 12.2. The van der Waals surface area contributed by atoms with Crippen LogP contribution < -0.4 is 9.30 Å². The van der Waals surface area contributed by atoms with Crippen LogP contribution in [0.4, 0.5) is 0 Å². The number of pyridine rings is 1. The molecule has 5 aromatic rings. The van der Waals surface area contributed by atoms with E-state index in [4.69, 9.17) is 4.74 Å². The molecule has 2 heterocycles. The molecule has 1 aliphatic heterocycles. The van der Waals surface area contributed by atoms with Crippen molar-refractivity contribution in [2.45, 2.75) is 53.9 Å². The Morgan fingerprint density at radius 3 is 2.24 bits per heavy atom. The molecule has 0 atom stereocenters. The van der Waals surface area contributed by atoms with E-state index >= 15 is 0 Å². The number of aromatic nitrogens is 1. The lowest BCUT2D eigenvalue weighted by molar-refractivity contribution is -0.659. The van der Waals surface area contributed by atoms with Gasteiger partial charge in [0.2, 0.25) is 5.69 Å². The van der Waals surface area contributed by atoms with Crippen LogP contribution in [-0.4, -0.2) is 0 Å². The van der Waals surface area contributed by atoms with Crippen LogP contribution in [0.2, 0.25) is 0 Å². The van der Waals surface area contributed by atoms with Crippen LogP contribution in [0, 0.1) is 12.3 Å². The van der Waals surface area contributed by atoms with E-state index in [1.807, 2.05) is 0 Å². The summed E-state index contributed by atoms with van der Waals surface area (Å²) >= 11 is 0. The fraction of sp³-hybridized carbons (Fsp3) is 0.286. The van der Waals surface area contributed by atoms with Crippen molar-refractivity contribution >= 4 is 21.5 Å². The first kappa shape index (κ1) is 23.7. The second kappa shape index (κ2) is 8.45. The Morgan fingerprint density at radius 2 is 1.57 bits per heavy atom. The smallest absolute Gasteiger partial charge is 0.228 e. The maximum atomic E-state index is 6.98. The fourth-order valence-electron chi connectivity index (χ4n) is 5.94. The minimum atomic E-state index is 0.129. The van der Waals surface area contributed by atoms with Gasteiger partial charge in [-0.05, 0) is 75.2 Å². The second-order valence-electron chi connectivity index (χ2n) is 12.2. The van der Waals surface area contributed by atoms with Gasteiger partial charge in [-0.3, -0.25) is 0 Å². The van der Waals surface area contributed by atoms with Gasteiger partial charge in [-0.15, -0.1) is 0 Å². The van der Waals surface area contributed by atoms with Crippen LogP contribution >= 0.6 is 0 Å². The molecule has 186 valence electrons. The van der Waals surface area contributed by atoms with Gasteiger partial charge in [-0.2, -0.15) is 0 Å². The number of rotatable bonds is 3. The van der Waals surface area contributed by atoms with E-state index in [-0.39, 0.29) is 5.41 Å². The van der Waals surface area contributed by atoms with Crippen LogP contribution in [-0.2, 0) is 13.5 Å².